The minimum atomic E-state index is -3.64. The van der Waals surface area contributed by atoms with E-state index in [0.29, 0.717) is 17.8 Å². The SMILES string of the molecule is C[C@H]1C[C@H](C)CN(CCCNC(=O)c2ccc(NS(=O)(=O)c3ccccc3)cc2)C1. The van der Waals surface area contributed by atoms with Gasteiger partial charge in [0.2, 0.25) is 0 Å². The Balaban J connectivity index is 1.46. The minimum absolute atomic E-state index is 0.146. The maximum atomic E-state index is 12.4. The van der Waals surface area contributed by atoms with Crippen LogP contribution in [-0.2, 0) is 10.0 Å². The fourth-order valence-corrected chi connectivity index (χ4v) is 5.16. The van der Waals surface area contributed by atoms with Gasteiger partial charge in [-0.15, -0.1) is 0 Å². The normalized spacial score (nSPS) is 19.9. The Bertz CT molecular complexity index is 920. The summed E-state index contributed by atoms with van der Waals surface area (Å²) in [5.41, 5.74) is 0.932. The molecule has 162 valence electrons. The third kappa shape index (κ3) is 6.31. The first-order chi connectivity index (χ1) is 14.3. The fraction of sp³-hybridized carbons (Fsp3) is 0.435. The highest BCUT2D eigenvalue weighted by Gasteiger charge is 2.21. The van der Waals surface area contributed by atoms with Gasteiger partial charge in [0.05, 0.1) is 4.90 Å². The van der Waals surface area contributed by atoms with Gasteiger partial charge in [-0.3, -0.25) is 9.52 Å². The van der Waals surface area contributed by atoms with Crippen LogP contribution in [0.2, 0.25) is 0 Å². The van der Waals surface area contributed by atoms with Crippen LogP contribution in [0.4, 0.5) is 5.69 Å². The molecule has 1 saturated heterocycles. The minimum Gasteiger partial charge on any atom is -0.352 e. The molecule has 0 radical (unpaired) electrons. The smallest absolute Gasteiger partial charge is 0.261 e. The molecular formula is C23H31N3O3S. The van der Waals surface area contributed by atoms with Crippen molar-refractivity contribution in [2.75, 3.05) is 30.9 Å². The number of nitrogens with zero attached hydrogens (tertiary/aromatic N) is 1. The van der Waals surface area contributed by atoms with E-state index in [1.807, 2.05) is 0 Å². The van der Waals surface area contributed by atoms with Gasteiger partial charge in [-0.2, -0.15) is 0 Å². The molecule has 2 aromatic rings. The molecule has 3 rings (SSSR count). The Hall–Kier alpha value is -2.38. The highest BCUT2D eigenvalue weighted by Crippen LogP contribution is 2.21. The van der Waals surface area contributed by atoms with Gasteiger partial charge in [0.1, 0.15) is 0 Å². The zero-order valence-electron chi connectivity index (χ0n) is 17.7. The van der Waals surface area contributed by atoms with E-state index >= 15 is 0 Å². The monoisotopic (exact) mass is 429 g/mol. The van der Waals surface area contributed by atoms with Crippen molar-refractivity contribution < 1.29 is 13.2 Å². The van der Waals surface area contributed by atoms with E-state index in [9.17, 15) is 13.2 Å². The van der Waals surface area contributed by atoms with Gasteiger partial charge in [-0.05, 0) is 67.6 Å². The molecule has 2 atom stereocenters. The zero-order valence-corrected chi connectivity index (χ0v) is 18.5. The van der Waals surface area contributed by atoms with Crippen molar-refractivity contribution in [3.05, 3.63) is 60.2 Å². The maximum absolute atomic E-state index is 12.4. The van der Waals surface area contributed by atoms with E-state index < -0.39 is 10.0 Å². The van der Waals surface area contributed by atoms with Gasteiger partial charge in [-0.1, -0.05) is 32.0 Å². The molecule has 0 aromatic heterocycles. The molecule has 30 heavy (non-hydrogen) atoms. The van der Waals surface area contributed by atoms with E-state index in [2.05, 4.69) is 28.8 Å². The van der Waals surface area contributed by atoms with Crippen LogP contribution in [0, 0.1) is 11.8 Å². The summed E-state index contributed by atoms with van der Waals surface area (Å²) in [4.78, 5) is 15.0. The standard InChI is InChI=1S/C23H31N3O3S/c1-18-15-19(2)17-26(16-18)14-6-13-24-23(27)20-9-11-21(12-10-20)25-30(28,29)22-7-4-3-5-8-22/h3-5,7-12,18-19,25H,6,13-17H2,1-2H3,(H,24,27)/t18-,19-/m0/s1. The molecule has 7 heteroatoms. The van der Waals surface area contributed by atoms with E-state index in [1.54, 1.807) is 42.5 Å². The van der Waals surface area contributed by atoms with Gasteiger partial charge < -0.3 is 10.2 Å². The number of anilines is 1. The number of benzene rings is 2. The molecule has 0 unspecified atom stereocenters. The number of carbonyl (C=O) groups excluding carboxylic acids is 1. The van der Waals surface area contributed by atoms with Gasteiger partial charge in [0.15, 0.2) is 0 Å². The molecule has 1 heterocycles. The summed E-state index contributed by atoms with van der Waals surface area (Å²) in [6, 6.07) is 14.7. The number of carbonyl (C=O) groups is 1. The number of hydrogen-bond donors (Lipinski definition) is 2. The summed E-state index contributed by atoms with van der Waals surface area (Å²) in [5.74, 6) is 1.33. The third-order valence-corrected chi connectivity index (χ3v) is 6.73. The number of amides is 1. The van der Waals surface area contributed by atoms with Crippen LogP contribution in [0.5, 0.6) is 0 Å². The van der Waals surface area contributed by atoms with Crippen LogP contribution in [-0.4, -0.2) is 45.4 Å². The van der Waals surface area contributed by atoms with Crippen LogP contribution in [0.1, 0.15) is 37.0 Å². The Labute approximate surface area is 179 Å². The predicted molar refractivity (Wildman–Crippen MR) is 120 cm³/mol. The molecule has 0 bridgehead atoms. The summed E-state index contributed by atoms with van der Waals surface area (Å²) in [7, 11) is -3.64. The average Bonchev–Trinajstić information content (AvgIpc) is 2.71. The van der Waals surface area contributed by atoms with Crippen molar-refractivity contribution in [3.8, 4) is 0 Å². The number of sulfonamides is 1. The Morgan fingerprint density at radius 3 is 2.27 bits per heavy atom. The van der Waals surface area contributed by atoms with Crippen molar-refractivity contribution in [1.29, 1.82) is 0 Å². The first-order valence-electron chi connectivity index (χ1n) is 10.5. The van der Waals surface area contributed by atoms with Crippen molar-refractivity contribution in [1.82, 2.24) is 10.2 Å². The second-order valence-corrected chi connectivity index (χ2v) is 9.99. The highest BCUT2D eigenvalue weighted by molar-refractivity contribution is 7.92. The lowest BCUT2D eigenvalue weighted by Gasteiger charge is -2.34. The van der Waals surface area contributed by atoms with E-state index in [-0.39, 0.29) is 10.8 Å². The van der Waals surface area contributed by atoms with Crippen molar-refractivity contribution in [2.24, 2.45) is 11.8 Å². The number of rotatable bonds is 8. The third-order valence-electron chi connectivity index (χ3n) is 5.33. The lowest BCUT2D eigenvalue weighted by molar-refractivity contribution is 0.0947. The Kier molecular flexibility index (Phi) is 7.50. The summed E-state index contributed by atoms with van der Waals surface area (Å²) in [6.45, 7) is 8.50. The summed E-state index contributed by atoms with van der Waals surface area (Å²) in [6.07, 6.45) is 2.21. The molecule has 6 nitrogen and oxygen atoms in total. The number of nitrogens with one attached hydrogen (secondary N) is 2. The lowest BCUT2D eigenvalue weighted by Crippen LogP contribution is -2.40. The topological polar surface area (TPSA) is 78.5 Å². The first kappa shape index (κ1) is 22.3. The van der Waals surface area contributed by atoms with Gasteiger partial charge >= 0.3 is 0 Å². The number of piperidine rings is 1. The van der Waals surface area contributed by atoms with Gasteiger partial charge in [0, 0.05) is 30.9 Å². The van der Waals surface area contributed by atoms with Crippen molar-refractivity contribution in [3.63, 3.8) is 0 Å². The van der Waals surface area contributed by atoms with Crippen molar-refractivity contribution in [2.45, 2.75) is 31.6 Å². The predicted octanol–water partition coefficient (Wildman–Crippen LogP) is 3.59. The van der Waals surface area contributed by atoms with E-state index in [4.69, 9.17) is 0 Å². The molecule has 1 aliphatic heterocycles. The summed E-state index contributed by atoms with van der Waals surface area (Å²) in [5, 5.41) is 2.95. The molecule has 0 aliphatic carbocycles. The van der Waals surface area contributed by atoms with Crippen LogP contribution < -0.4 is 10.0 Å². The Morgan fingerprint density at radius 2 is 1.63 bits per heavy atom. The molecule has 2 N–H and O–H groups in total. The molecule has 1 amide bonds. The quantitative estimate of drug-likeness (QED) is 0.629. The van der Waals surface area contributed by atoms with Crippen molar-refractivity contribution >= 4 is 21.6 Å². The number of likely N-dealkylation sites (tertiary alicyclic amines) is 1. The molecule has 1 fully saturated rings. The van der Waals surface area contributed by atoms with Gasteiger partial charge in [-0.25, -0.2) is 8.42 Å². The van der Waals surface area contributed by atoms with E-state index in [0.717, 1.165) is 37.9 Å². The summed E-state index contributed by atoms with van der Waals surface area (Å²) < 4.78 is 27.3. The van der Waals surface area contributed by atoms with Crippen LogP contribution >= 0.6 is 0 Å². The largest absolute Gasteiger partial charge is 0.352 e. The molecule has 1 aliphatic rings. The van der Waals surface area contributed by atoms with Crippen LogP contribution in [0.25, 0.3) is 0 Å². The molecule has 2 aromatic carbocycles. The Morgan fingerprint density at radius 1 is 1.00 bits per heavy atom. The fourth-order valence-electron chi connectivity index (χ4n) is 4.08. The lowest BCUT2D eigenvalue weighted by atomic mass is 9.92. The highest BCUT2D eigenvalue weighted by atomic mass is 32.2. The molecule has 0 saturated carbocycles. The second kappa shape index (κ2) is 10.1. The molecule has 0 spiro atoms. The van der Waals surface area contributed by atoms with Gasteiger partial charge in [0.25, 0.3) is 15.9 Å². The van der Waals surface area contributed by atoms with E-state index in [1.165, 1.54) is 18.6 Å². The molecular weight excluding hydrogens is 398 g/mol. The average molecular weight is 430 g/mol. The number of hydrogen-bond acceptors (Lipinski definition) is 4. The summed E-state index contributed by atoms with van der Waals surface area (Å²) >= 11 is 0. The zero-order chi connectivity index (χ0) is 21.6. The van der Waals surface area contributed by atoms with Crippen LogP contribution in [0.3, 0.4) is 0 Å². The second-order valence-electron chi connectivity index (χ2n) is 8.31. The first-order valence-corrected chi connectivity index (χ1v) is 12.0. The van der Waals surface area contributed by atoms with Crippen LogP contribution in [0.15, 0.2) is 59.5 Å². The maximum Gasteiger partial charge on any atom is 0.261 e.